The van der Waals surface area contributed by atoms with E-state index in [1.807, 2.05) is 13.0 Å². The molecule has 8 nitrogen and oxygen atoms in total. The fraction of sp³-hybridized carbons (Fsp3) is 0.444. The third-order valence-corrected chi connectivity index (χ3v) is 4.88. The zero-order valence-corrected chi connectivity index (χ0v) is 14.7. The third-order valence-electron chi connectivity index (χ3n) is 4.88. The third kappa shape index (κ3) is 3.14. The Balaban J connectivity index is 1.65. The van der Waals surface area contributed by atoms with Crippen molar-refractivity contribution in [1.29, 1.82) is 0 Å². The van der Waals surface area contributed by atoms with Crippen LogP contribution < -0.4 is 10.7 Å². The molecule has 2 aliphatic rings. The van der Waals surface area contributed by atoms with Gasteiger partial charge in [0.05, 0.1) is 5.92 Å². The lowest BCUT2D eigenvalue weighted by Crippen LogP contribution is -2.49. The fourth-order valence-corrected chi connectivity index (χ4v) is 3.09. The van der Waals surface area contributed by atoms with Gasteiger partial charge in [0, 0.05) is 0 Å². The molecule has 1 heterocycles. The molecular formula is C18H21N3O5. The van der Waals surface area contributed by atoms with Gasteiger partial charge in [-0.1, -0.05) is 44.2 Å². The highest BCUT2D eigenvalue weighted by Gasteiger charge is 2.52. The number of esters is 1. The fourth-order valence-electron chi connectivity index (χ4n) is 3.09. The molecule has 8 heteroatoms. The van der Waals surface area contributed by atoms with Gasteiger partial charge in [0.15, 0.2) is 6.61 Å². The van der Waals surface area contributed by atoms with Crippen molar-refractivity contribution < 1.29 is 23.9 Å². The van der Waals surface area contributed by atoms with Gasteiger partial charge in [-0.2, -0.15) is 5.01 Å². The maximum atomic E-state index is 12.8. The van der Waals surface area contributed by atoms with Gasteiger partial charge in [0.1, 0.15) is 5.54 Å². The smallest absolute Gasteiger partial charge is 0.344 e. The predicted molar refractivity (Wildman–Crippen MR) is 90.2 cm³/mol. The lowest BCUT2D eigenvalue weighted by atomic mass is 9.87. The van der Waals surface area contributed by atoms with Crippen molar-refractivity contribution in [2.45, 2.75) is 32.2 Å². The zero-order valence-electron chi connectivity index (χ0n) is 14.7. The summed E-state index contributed by atoms with van der Waals surface area (Å²) in [5, 5.41) is 3.30. The van der Waals surface area contributed by atoms with Crippen LogP contribution in [-0.2, 0) is 24.7 Å². The Kier molecular flexibility index (Phi) is 4.67. The normalized spacial score (nSPS) is 27.1. The van der Waals surface area contributed by atoms with Gasteiger partial charge in [-0.05, 0) is 24.3 Å². The summed E-state index contributed by atoms with van der Waals surface area (Å²) in [6, 6.07) is 8.10. The van der Waals surface area contributed by atoms with Crippen molar-refractivity contribution >= 4 is 23.8 Å². The maximum absolute atomic E-state index is 12.8. The summed E-state index contributed by atoms with van der Waals surface area (Å²) >= 11 is 0. The molecule has 26 heavy (non-hydrogen) atoms. The minimum absolute atomic E-state index is 0.162. The van der Waals surface area contributed by atoms with E-state index in [0.29, 0.717) is 17.0 Å². The van der Waals surface area contributed by atoms with Gasteiger partial charge >= 0.3 is 12.0 Å². The topological polar surface area (TPSA) is 105 Å². The van der Waals surface area contributed by atoms with Crippen molar-refractivity contribution in [3.63, 3.8) is 0 Å². The molecule has 3 atom stereocenters. The highest BCUT2D eigenvalue weighted by molar-refractivity contribution is 6.08. The summed E-state index contributed by atoms with van der Waals surface area (Å²) in [4.78, 5) is 48.7. The van der Waals surface area contributed by atoms with Crippen molar-refractivity contribution in [3.8, 4) is 0 Å². The van der Waals surface area contributed by atoms with Gasteiger partial charge in [0.2, 0.25) is 0 Å². The molecule has 2 N–H and O–H groups in total. The van der Waals surface area contributed by atoms with Crippen molar-refractivity contribution in [3.05, 3.63) is 35.9 Å². The van der Waals surface area contributed by atoms with Gasteiger partial charge < -0.3 is 10.1 Å². The van der Waals surface area contributed by atoms with Crippen molar-refractivity contribution in [2.75, 3.05) is 6.61 Å². The molecule has 1 aliphatic carbocycles. The number of hydrogen-bond donors (Lipinski definition) is 2. The second-order valence-electron chi connectivity index (χ2n) is 6.66. The van der Waals surface area contributed by atoms with E-state index < -0.39 is 36.0 Å². The monoisotopic (exact) mass is 359 g/mol. The predicted octanol–water partition coefficient (Wildman–Crippen LogP) is 1.07. The summed E-state index contributed by atoms with van der Waals surface area (Å²) in [5.41, 5.74) is 1.62. The Labute approximate surface area is 150 Å². The molecule has 0 bridgehead atoms. The van der Waals surface area contributed by atoms with E-state index in [2.05, 4.69) is 10.7 Å². The van der Waals surface area contributed by atoms with Gasteiger partial charge in [0.25, 0.3) is 11.8 Å². The van der Waals surface area contributed by atoms with E-state index in [1.54, 1.807) is 31.2 Å². The number of nitrogens with zero attached hydrogens (tertiary/aromatic N) is 1. The van der Waals surface area contributed by atoms with Crippen LogP contribution in [0.25, 0.3) is 0 Å². The second-order valence-corrected chi connectivity index (χ2v) is 6.66. The standard InChI is InChI=1S/C18H21N3O5/c1-3-18(12-7-5-4-6-8-12)16(24)21(17(25)19-18)20-14(22)10-26-15(23)13-9-11(13)2/h4-8,11,13H,3,9-10H2,1-2H3,(H,19,25)(H,20,22)/t11-,13-,18-/m0/s1. The van der Waals surface area contributed by atoms with Crippen molar-refractivity contribution in [2.24, 2.45) is 11.8 Å². The molecule has 0 spiro atoms. The van der Waals surface area contributed by atoms with Crippen LogP contribution in [0.3, 0.4) is 0 Å². The lowest BCUT2D eigenvalue weighted by molar-refractivity contribution is -0.152. The number of hydrogen-bond acceptors (Lipinski definition) is 5. The highest BCUT2D eigenvalue weighted by atomic mass is 16.5. The first-order valence-corrected chi connectivity index (χ1v) is 8.57. The van der Waals surface area contributed by atoms with Crippen LogP contribution in [0.15, 0.2) is 30.3 Å². The van der Waals surface area contributed by atoms with E-state index in [4.69, 9.17) is 4.74 Å². The van der Waals surface area contributed by atoms with E-state index in [1.165, 1.54) is 0 Å². The minimum atomic E-state index is -1.23. The Hall–Kier alpha value is -2.90. The first-order valence-electron chi connectivity index (χ1n) is 8.57. The van der Waals surface area contributed by atoms with E-state index >= 15 is 0 Å². The Morgan fingerprint density at radius 3 is 2.54 bits per heavy atom. The molecule has 1 aliphatic heterocycles. The van der Waals surface area contributed by atoms with E-state index in [9.17, 15) is 19.2 Å². The summed E-state index contributed by atoms with van der Waals surface area (Å²) in [6.07, 6.45) is 1.08. The number of imide groups is 1. The number of carbonyl (C=O) groups excluding carboxylic acids is 4. The van der Waals surface area contributed by atoms with Crippen LogP contribution in [0.5, 0.6) is 0 Å². The maximum Gasteiger partial charge on any atom is 0.344 e. The quantitative estimate of drug-likeness (QED) is 0.584. The number of benzene rings is 1. The molecule has 3 rings (SSSR count). The van der Waals surface area contributed by atoms with Crippen LogP contribution in [0.2, 0.25) is 0 Å². The molecule has 1 saturated heterocycles. The average molecular weight is 359 g/mol. The Morgan fingerprint density at radius 2 is 1.96 bits per heavy atom. The molecule has 2 fully saturated rings. The van der Waals surface area contributed by atoms with E-state index in [-0.39, 0.29) is 11.8 Å². The molecule has 1 saturated carbocycles. The minimum Gasteiger partial charge on any atom is -0.455 e. The highest BCUT2D eigenvalue weighted by Crippen LogP contribution is 2.38. The number of ether oxygens (including phenoxy) is 1. The van der Waals surface area contributed by atoms with E-state index in [0.717, 1.165) is 6.42 Å². The molecular weight excluding hydrogens is 338 g/mol. The number of carbonyl (C=O) groups is 4. The lowest BCUT2D eigenvalue weighted by Gasteiger charge is -2.25. The van der Waals surface area contributed by atoms with Crippen LogP contribution in [0.1, 0.15) is 32.3 Å². The number of hydrazine groups is 1. The largest absolute Gasteiger partial charge is 0.455 e. The number of amides is 4. The Bertz CT molecular complexity index is 750. The molecule has 0 aromatic heterocycles. The number of urea groups is 1. The van der Waals surface area contributed by atoms with Gasteiger partial charge in [-0.25, -0.2) is 4.79 Å². The molecule has 4 amide bonds. The van der Waals surface area contributed by atoms with Gasteiger partial charge in [-0.3, -0.25) is 19.8 Å². The second kappa shape index (κ2) is 6.78. The van der Waals surface area contributed by atoms with Crippen molar-refractivity contribution in [1.82, 2.24) is 15.8 Å². The molecule has 0 radical (unpaired) electrons. The molecule has 138 valence electrons. The van der Waals surface area contributed by atoms with Gasteiger partial charge in [-0.15, -0.1) is 0 Å². The average Bonchev–Trinajstić information content (AvgIpc) is 3.33. The molecule has 1 aromatic carbocycles. The molecule has 0 unspecified atom stereocenters. The molecule has 1 aromatic rings. The van der Waals surface area contributed by atoms with Crippen LogP contribution in [0.4, 0.5) is 4.79 Å². The Morgan fingerprint density at radius 1 is 1.31 bits per heavy atom. The number of nitrogens with one attached hydrogen (secondary N) is 2. The first-order chi connectivity index (χ1) is 12.4. The summed E-state index contributed by atoms with van der Waals surface area (Å²) < 4.78 is 4.92. The zero-order chi connectivity index (χ0) is 18.9. The van der Waals surface area contributed by atoms with Crippen LogP contribution in [0, 0.1) is 11.8 Å². The first kappa shape index (κ1) is 17.9. The summed E-state index contributed by atoms with van der Waals surface area (Å²) in [5.74, 6) is -1.64. The van der Waals surface area contributed by atoms with Crippen LogP contribution >= 0.6 is 0 Å². The summed E-state index contributed by atoms with van der Waals surface area (Å²) in [7, 11) is 0. The number of rotatable bonds is 6. The SMILES string of the molecule is CC[C@@]1(c2ccccc2)NC(=O)N(NC(=O)COC(=O)[C@H]2C[C@@H]2C)C1=O. The van der Waals surface area contributed by atoms with Crippen LogP contribution in [-0.4, -0.2) is 35.4 Å². The summed E-state index contributed by atoms with van der Waals surface area (Å²) in [6.45, 7) is 3.16.